The summed E-state index contributed by atoms with van der Waals surface area (Å²) in [6.45, 7) is 0. The third-order valence-corrected chi connectivity index (χ3v) is 6.07. The molecule has 2 N–H and O–H groups in total. The van der Waals surface area contributed by atoms with E-state index in [0.29, 0.717) is 5.75 Å². The minimum Gasteiger partial charge on any atom is -0.741 e. The van der Waals surface area contributed by atoms with Crippen LogP contribution in [0.25, 0.3) is 0 Å². The molecule has 0 aromatic rings. The molecule has 1 heterocycles. The highest BCUT2D eigenvalue weighted by atomic mass is 32.2. The Morgan fingerprint density at radius 1 is 1.47 bits per heavy atom. The molecule has 0 aliphatic carbocycles. The first-order valence-corrected chi connectivity index (χ1v) is 9.10. The van der Waals surface area contributed by atoms with Crippen LogP contribution in [-0.2, 0) is 21.0 Å². The summed E-state index contributed by atoms with van der Waals surface area (Å²) >= 11 is 1.66. The summed E-state index contributed by atoms with van der Waals surface area (Å²) in [5.74, 6) is 0.702. The van der Waals surface area contributed by atoms with Gasteiger partial charge in [0, 0.05) is 17.0 Å². The van der Waals surface area contributed by atoms with Gasteiger partial charge in [0.2, 0.25) is 0 Å². The van der Waals surface area contributed by atoms with Gasteiger partial charge in [-0.25, -0.2) is 8.42 Å². The van der Waals surface area contributed by atoms with Crippen LogP contribution in [0.2, 0.25) is 0 Å². The lowest BCUT2D eigenvalue weighted by atomic mass is 10.2. The highest BCUT2D eigenvalue weighted by molar-refractivity contribution is 8.20. The first kappa shape index (κ1) is 19.1. The maximum Gasteiger partial charge on any atom is 0.485 e. The van der Waals surface area contributed by atoms with Gasteiger partial charge in [-0.05, 0) is 6.26 Å². The Bertz CT molecular complexity index is 420. The highest BCUT2D eigenvalue weighted by Gasteiger charge is 2.37. The monoisotopic (exact) mass is 342 g/mol. The van der Waals surface area contributed by atoms with Gasteiger partial charge in [0.05, 0.1) is 0 Å². The number of aliphatic hydroxyl groups excluding tert-OH is 2. The van der Waals surface area contributed by atoms with E-state index >= 15 is 0 Å². The van der Waals surface area contributed by atoms with E-state index in [9.17, 15) is 23.4 Å². The number of rotatable bonds is 1. The third kappa shape index (κ3) is 6.36. The molecule has 1 aliphatic rings. The fraction of sp³-hybridized carbons (Fsp3) is 0.750. The predicted octanol–water partition coefficient (Wildman–Crippen LogP) is 0.226. The molecule has 1 aliphatic heterocycles. The summed E-state index contributed by atoms with van der Waals surface area (Å²) in [7, 11) is -5.96. The molecule has 0 bridgehead atoms. The Kier molecular flexibility index (Phi) is 7.20. The van der Waals surface area contributed by atoms with Crippen molar-refractivity contribution in [3.05, 3.63) is 10.3 Å². The molecule has 114 valence electrons. The number of thioether (sulfide) groups is 1. The molecule has 0 fully saturated rings. The number of hydrogen-bond donors (Lipinski definition) is 2. The second-order valence-corrected chi connectivity index (χ2v) is 7.98. The molecule has 11 heteroatoms. The topological polar surface area (TPSA) is 97.7 Å². The van der Waals surface area contributed by atoms with Crippen LogP contribution in [0.1, 0.15) is 0 Å². The quantitative estimate of drug-likeness (QED) is 0.402. The van der Waals surface area contributed by atoms with Gasteiger partial charge in [-0.2, -0.15) is 13.2 Å². The smallest absolute Gasteiger partial charge is 0.485 e. The van der Waals surface area contributed by atoms with Crippen LogP contribution in [0.3, 0.4) is 0 Å². The van der Waals surface area contributed by atoms with Gasteiger partial charge >= 0.3 is 5.51 Å². The van der Waals surface area contributed by atoms with E-state index in [1.54, 1.807) is 17.8 Å². The first-order valence-electron chi connectivity index (χ1n) is 4.66. The number of alkyl halides is 3. The van der Waals surface area contributed by atoms with E-state index in [0.717, 1.165) is 0 Å². The lowest BCUT2D eigenvalue weighted by Gasteiger charge is -2.19. The molecular weight excluding hydrogens is 329 g/mol. The number of hydrogen-bond acceptors (Lipinski definition) is 6. The molecule has 5 nitrogen and oxygen atoms in total. The summed E-state index contributed by atoms with van der Waals surface area (Å²) in [4.78, 5) is 0. The minimum atomic E-state index is -6.09. The zero-order valence-electron chi connectivity index (χ0n) is 9.92. The SMILES string of the molecule is CSC1=C[C@H](O)[C@H](O)C[S+]1C.O=S(=O)([O-])C(F)(F)F. The van der Waals surface area contributed by atoms with Crippen LogP contribution >= 0.6 is 11.8 Å². The van der Waals surface area contributed by atoms with Crippen LogP contribution in [0.15, 0.2) is 10.3 Å². The van der Waals surface area contributed by atoms with Crippen LogP contribution in [0.5, 0.6) is 0 Å². The maximum absolute atomic E-state index is 10.7. The standard InChI is InChI=1S/C7H13O2S2.CHF3O3S/c1-10-7-3-5(8)6(9)4-11(7)2;2-1(3,4)8(5,6)7/h3,5-6,8-9H,4H2,1-2H3;(H,5,6,7)/q+1;/p-1/t5-,6+,11?;/m0./s1. The molecule has 0 aromatic carbocycles. The molecule has 0 saturated carbocycles. The second kappa shape index (κ2) is 7.18. The second-order valence-electron chi connectivity index (χ2n) is 3.45. The Morgan fingerprint density at radius 2 is 1.89 bits per heavy atom. The molecule has 0 aromatic heterocycles. The van der Waals surface area contributed by atoms with Crippen molar-refractivity contribution in [2.24, 2.45) is 0 Å². The van der Waals surface area contributed by atoms with Crippen LogP contribution in [0.4, 0.5) is 13.2 Å². The highest BCUT2D eigenvalue weighted by Crippen LogP contribution is 2.26. The van der Waals surface area contributed by atoms with Gasteiger partial charge < -0.3 is 14.8 Å². The molecule has 0 saturated heterocycles. The van der Waals surface area contributed by atoms with Gasteiger partial charge in [-0.1, -0.05) is 11.8 Å². The normalized spacial score (nSPS) is 28.2. The molecule has 0 amide bonds. The fourth-order valence-electron chi connectivity index (χ4n) is 1.01. The third-order valence-electron chi connectivity index (χ3n) is 1.95. The summed E-state index contributed by atoms with van der Waals surface area (Å²) in [5.41, 5.74) is -5.65. The summed E-state index contributed by atoms with van der Waals surface area (Å²) in [6, 6.07) is 0. The Labute approximate surface area is 116 Å². The molecule has 0 spiro atoms. The Balaban J connectivity index is 0.000000362. The van der Waals surface area contributed by atoms with Gasteiger partial charge in [0.1, 0.15) is 24.2 Å². The molecule has 1 unspecified atom stereocenters. The average molecular weight is 342 g/mol. The molecule has 0 radical (unpaired) electrons. The Hall–Kier alpha value is 0.0600. The van der Waals surface area contributed by atoms with E-state index in [-0.39, 0.29) is 10.9 Å². The number of aliphatic hydroxyl groups is 2. The van der Waals surface area contributed by atoms with Crippen molar-refractivity contribution in [1.82, 2.24) is 0 Å². The molecule has 1 rings (SSSR count). The van der Waals surface area contributed by atoms with Gasteiger partial charge in [0.15, 0.2) is 14.4 Å². The lowest BCUT2D eigenvalue weighted by Crippen LogP contribution is -2.35. The fourth-order valence-corrected chi connectivity index (χ4v) is 3.88. The zero-order valence-corrected chi connectivity index (χ0v) is 12.4. The van der Waals surface area contributed by atoms with Crippen molar-refractivity contribution in [2.45, 2.75) is 17.7 Å². The molecule has 3 atom stereocenters. The lowest BCUT2D eigenvalue weighted by molar-refractivity contribution is -0.0517. The summed E-state index contributed by atoms with van der Waals surface area (Å²) < 4.78 is 60.1. The van der Waals surface area contributed by atoms with Crippen molar-refractivity contribution in [3.63, 3.8) is 0 Å². The summed E-state index contributed by atoms with van der Waals surface area (Å²) in [6.07, 6.45) is 4.65. The summed E-state index contributed by atoms with van der Waals surface area (Å²) in [5, 5.41) is 18.5. The van der Waals surface area contributed by atoms with Gasteiger partial charge in [-0.3, -0.25) is 0 Å². The van der Waals surface area contributed by atoms with Gasteiger partial charge in [0.25, 0.3) is 0 Å². The van der Waals surface area contributed by atoms with E-state index in [1.807, 2.05) is 6.26 Å². The average Bonchev–Trinajstić information content (AvgIpc) is 2.21. The van der Waals surface area contributed by atoms with Crippen molar-refractivity contribution in [2.75, 3.05) is 18.3 Å². The van der Waals surface area contributed by atoms with Crippen molar-refractivity contribution < 1.29 is 36.4 Å². The van der Waals surface area contributed by atoms with Gasteiger partial charge in [-0.15, -0.1) is 0 Å². The molecular formula is C8H13F3O5S3. The minimum absolute atomic E-state index is 0.135. The van der Waals surface area contributed by atoms with Crippen molar-refractivity contribution in [3.8, 4) is 0 Å². The first-order chi connectivity index (χ1) is 8.40. The van der Waals surface area contributed by atoms with Crippen LogP contribution in [-0.4, -0.2) is 59.2 Å². The van der Waals surface area contributed by atoms with E-state index in [1.165, 1.54) is 4.24 Å². The molecule has 19 heavy (non-hydrogen) atoms. The van der Waals surface area contributed by atoms with Crippen LogP contribution < -0.4 is 0 Å². The van der Waals surface area contributed by atoms with Crippen molar-refractivity contribution in [1.29, 1.82) is 0 Å². The number of halogens is 3. The van der Waals surface area contributed by atoms with Crippen LogP contribution in [0, 0.1) is 0 Å². The van der Waals surface area contributed by atoms with E-state index < -0.39 is 27.8 Å². The van der Waals surface area contributed by atoms with E-state index in [2.05, 4.69) is 6.26 Å². The van der Waals surface area contributed by atoms with E-state index in [4.69, 9.17) is 13.0 Å². The van der Waals surface area contributed by atoms with Crippen molar-refractivity contribution >= 4 is 32.8 Å². The Morgan fingerprint density at radius 3 is 2.21 bits per heavy atom. The maximum atomic E-state index is 10.7. The zero-order chi connectivity index (χ0) is 15.4. The predicted molar refractivity (Wildman–Crippen MR) is 67.5 cm³/mol. The largest absolute Gasteiger partial charge is 0.741 e.